The molecule has 0 bridgehead atoms. The third-order valence-electron chi connectivity index (χ3n) is 6.70. The van der Waals surface area contributed by atoms with E-state index in [1.807, 2.05) is 18.2 Å². The van der Waals surface area contributed by atoms with Crippen molar-refractivity contribution in [3.63, 3.8) is 0 Å². The molecule has 0 spiro atoms. The van der Waals surface area contributed by atoms with Crippen molar-refractivity contribution in [2.45, 2.75) is 19.4 Å². The number of piperazine rings is 1. The summed E-state index contributed by atoms with van der Waals surface area (Å²) in [6.45, 7) is 5.88. The SMILES string of the molecule is COc1cc(CN2CCC[C@@H](C(=O)N3CCN(c4ccccc4)CC3)C2)cc(OC)c1OC. The van der Waals surface area contributed by atoms with E-state index in [1.54, 1.807) is 21.3 Å². The average molecular weight is 454 g/mol. The minimum atomic E-state index is 0.0593. The second-order valence-corrected chi connectivity index (χ2v) is 8.76. The predicted molar refractivity (Wildman–Crippen MR) is 129 cm³/mol. The van der Waals surface area contributed by atoms with Crippen molar-refractivity contribution in [2.75, 3.05) is 65.5 Å². The summed E-state index contributed by atoms with van der Waals surface area (Å²) < 4.78 is 16.4. The van der Waals surface area contributed by atoms with E-state index < -0.39 is 0 Å². The van der Waals surface area contributed by atoms with Gasteiger partial charge in [0.15, 0.2) is 11.5 Å². The molecule has 1 atom stereocenters. The summed E-state index contributed by atoms with van der Waals surface area (Å²) in [5.74, 6) is 2.28. The van der Waals surface area contributed by atoms with Crippen LogP contribution in [-0.4, -0.2) is 76.3 Å². The molecular weight excluding hydrogens is 418 g/mol. The lowest BCUT2D eigenvalue weighted by Crippen LogP contribution is -2.52. The van der Waals surface area contributed by atoms with Gasteiger partial charge in [-0.3, -0.25) is 9.69 Å². The summed E-state index contributed by atoms with van der Waals surface area (Å²) in [7, 11) is 4.88. The molecule has 0 radical (unpaired) electrons. The van der Waals surface area contributed by atoms with Crippen molar-refractivity contribution < 1.29 is 19.0 Å². The summed E-state index contributed by atoms with van der Waals surface area (Å²) >= 11 is 0. The van der Waals surface area contributed by atoms with Crippen molar-refractivity contribution in [1.82, 2.24) is 9.80 Å². The van der Waals surface area contributed by atoms with Gasteiger partial charge in [0.1, 0.15) is 0 Å². The van der Waals surface area contributed by atoms with E-state index in [0.29, 0.717) is 23.2 Å². The third-order valence-corrected chi connectivity index (χ3v) is 6.70. The third kappa shape index (κ3) is 5.36. The lowest BCUT2D eigenvalue weighted by atomic mass is 9.95. The molecule has 2 aromatic carbocycles. The van der Waals surface area contributed by atoms with Gasteiger partial charge < -0.3 is 24.0 Å². The van der Waals surface area contributed by atoms with Gasteiger partial charge in [-0.2, -0.15) is 0 Å². The Morgan fingerprint density at radius 3 is 2.18 bits per heavy atom. The van der Waals surface area contributed by atoms with Crippen molar-refractivity contribution >= 4 is 11.6 Å². The van der Waals surface area contributed by atoms with Gasteiger partial charge in [-0.25, -0.2) is 0 Å². The highest BCUT2D eigenvalue weighted by Gasteiger charge is 2.31. The van der Waals surface area contributed by atoms with Crippen LogP contribution in [0.2, 0.25) is 0 Å². The Morgan fingerprint density at radius 2 is 1.58 bits per heavy atom. The van der Waals surface area contributed by atoms with Crippen molar-refractivity contribution in [3.8, 4) is 17.2 Å². The maximum Gasteiger partial charge on any atom is 0.227 e. The molecule has 0 N–H and O–H groups in total. The molecule has 7 nitrogen and oxygen atoms in total. The number of carbonyl (C=O) groups is 1. The lowest BCUT2D eigenvalue weighted by molar-refractivity contribution is -0.137. The first-order valence-electron chi connectivity index (χ1n) is 11.7. The lowest BCUT2D eigenvalue weighted by Gasteiger charge is -2.39. The molecule has 2 saturated heterocycles. The highest BCUT2D eigenvalue weighted by molar-refractivity contribution is 5.79. The number of methoxy groups -OCH3 is 3. The van der Waals surface area contributed by atoms with E-state index >= 15 is 0 Å². The molecule has 4 rings (SSSR count). The maximum atomic E-state index is 13.3. The number of anilines is 1. The van der Waals surface area contributed by atoms with Crippen molar-refractivity contribution in [1.29, 1.82) is 0 Å². The molecule has 2 fully saturated rings. The Labute approximate surface area is 196 Å². The molecule has 0 aliphatic carbocycles. The number of hydrogen-bond acceptors (Lipinski definition) is 6. The molecule has 2 aliphatic heterocycles. The molecule has 2 aliphatic rings. The van der Waals surface area contributed by atoms with E-state index in [1.165, 1.54) is 5.69 Å². The summed E-state index contributed by atoms with van der Waals surface area (Å²) in [5.41, 5.74) is 2.33. The van der Waals surface area contributed by atoms with Crippen LogP contribution in [0.25, 0.3) is 0 Å². The number of carbonyl (C=O) groups excluding carboxylic acids is 1. The van der Waals surface area contributed by atoms with Crippen LogP contribution >= 0.6 is 0 Å². The van der Waals surface area contributed by atoms with Gasteiger partial charge in [0.05, 0.1) is 27.2 Å². The Balaban J connectivity index is 1.35. The molecule has 7 heteroatoms. The van der Waals surface area contributed by atoms with Gasteiger partial charge >= 0.3 is 0 Å². The number of ether oxygens (including phenoxy) is 3. The van der Waals surface area contributed by atoms with E-state index in [2.05, 4.69) is 39.0 Å². The Hall–Kier alpha value is -2.93. The zero-order chi connectivity index (χ0) is 23.2. The first-order chi connectivity index (χ1) is 16.1. The van der Waals surface area contributed by atoms with Crippen molar-refractivity contribution in [2.24, 2.45) is 5.92 Å². The van der Waals surface area contributed by atoms with Gasteiger partial charge in [-0.05, 0) is 49.2 Å². The van der Waals surface area contributed by atoms with E-state index in [-0.39, 0.29) is 5.92 Å². The van der Waals surface area contributed by atoms with Gasteiger partial charge in [0.2, 0.25) is 11.7 Å². The molecule has 178 valence electrons. The average Bonchev–Trinajstić information content (AvgIpc) is 2.88. The Morgan fingerprint density at radius 1 is 0.909 bits per heavy atom. The van der Waals surface area contributed by atoms with E-state index in [9.17, 15) is 4.79 Å². The highest BCUT2D eigenvalue weighted by Crippen LogP contribution is 2.38. The summed E-state index contributed by atoms with van der Waals surface area (Å²) in [6, 6.07) is 14.4. The first kappa shape index (κ1) is 23.2. The van der Waals surface area contributed by atoms with Crippen LogP contribution < -0.4 is 19.1 Å². The predicted octanol–water partition coefficient (Wildman–Crippen LogP) is 3.27. The number of para-hydroxylation sites is 1. The fraction of sp³-hybridized carbons (Fsp3) is 0.500. The van der Waals surface area contributed by atoms with Gasteiger partial charge in [0.25, 0.3) is 0 Å². The summed E-state index contributed by atoms with van der Waals surface area (Å²) in [4.78, 5) is 20.1. The van der Waals surface area contributed by atoms with E-state index in [4.69, 9.17) is 14.2 Å². The number of hydrogen-bond donors (Lipinski definition) is 0. The van der Waals surface area contributed by atoms with Gasteiger partial charge in [-0.15, -0.1) is 0 Å². The summed E-state index contributed by atoms with van der Waals surface area (Å²) in [6.07, 6.45) is 1.99. The molecular formula is C26H35N3O4. The second kappa shape index (κ2) is 10.8. The van der Waals surface area contributed by atoms with E-state index in [0.717, 1.165) is 64.2 Å². The maximum absolute atomic E-state index is 13.3. The molecule has 0 unspecified atom stereocenters. The second-order valence-electron chi connectivity index (χ2n) is 8.76. The van der Waals surface area contributed by atoms with Crippen LogP contribution in [0, 0.1) is 5.92 Å². The van der Waals surface area contributed by atoms with Crippen LogP contribution in [0.15, 0.2) is 42.5 Å². The Kier molecular flexibility index (Phi) is 7.60. The fourth-order valence-electron chi connectivity index (χ4n) is 4.97. The van der Waals surface area contributed by atoms with Crippen LogP contribution in [0.5, 0.6) is 17.2 Å². The molecule has 0 saturated carbocycles. The van der Waals surface area contributed by atoms with Crippen LogP contribution in [0.3, 0.4) is 0 Å². The normalized spacial score (nSPS) is 19.3. The minimum absolute atomic E-state index is 0.0593. The zero-order valence-corrected chi connectivity index (χ0v) is 20.0. The number of amides is 1. The molecule has 2 aromatic rings. The van der Waals surface area contributed by atoms with Crippen LogP contribution in [0.4, 0.5) is 5.69 Å². The standard InChI is InChI=1S/C26H35N3O4/c1-31-23-16-20(17-24(32-2)25(23)33-3)18-27-11-7-8-21(19-27)26(30)29-14-12-28(13-15-29)22-9-5-4-6-10-22/h4-6,9-10,16-17,21H,7-8,11-15,18-19H2,1-3H3/t21-/m1/s1. The zero-order valence-electron chi connectivity index (χ0n) is 20.0. The molecule has 33 heavy (non-hydrogen) atoms. The van der Waals surface area contributed by atoms with Crippen molar-refractivity contribution in [3.05, 3.63) is 48.0 Å². The minimum Gasteiger partial charge on any atom is -0.493 e. The van der Waals surface area contributed by atoms with Crippen LogP contribution in [-0.2, 0) is 11.3 Å². The number of rotatable bonds is 7. The fourth-order valence-corrected chi connectivity index (χ4v) is 4.97. The smallest absolute Gasteiger partial charge is 0.227 e. The summed E-state index contributed by atoms with van der Waals surface area (Å²) in [5, 5.41) is 0. The molecule has 2 heterocycles. The number of nitrogens with zero attached hydrogens (tertiary/aromatic N) is 3. The molecule has 1 amide bonds. The topological polar surface area (TPSA) is 54.5 Å². The monoisotopic (exact) mass is 453 g/mol. The number of piperidine rings is 1. The Bertz CT molecular complexity index is 903. The quantitative estimate of drug-likeness (QED) is 0.642. The van der Waals surface area contributed by atoms with Gasteiger partial charge in [-0.1, -0.05) is 18.2 Å². The van der Waals surface area contributed by atoms with Gasteiger partial charge in [0, 0.05) is 45.0 Å². The van der Waals surface area contributed by atoms with Crippen LogP contribution in [0.1, 0.15) is 18.4 Å². The highest BCUT2D eigenvalue weighted by atomic mass is 16.5. The molecule has 0 aromatic heterocycles. The number of likely N-dealkylation sites (tertiary alicyclic amines) is 1. The largest absolute Gasteiger partial charge is 0.493 e. The first-order valence-corrected chi connectivity index (χ1v) is 11.7. The number of benzene rings is 2.